The topological polar surface area (TPSA) is 115 Å². The van der Waals surface area contributed by atoms with Gasteiger partial charge >= 0.3 is 12.2 Å². The monoisotopic (exact) mass is 726 g/mol. The molecule has 2 fully saturated rings. The number of amides is 1. The fraction of sp³-hybridized carbons (Fsp3) is 0.500. The molecule has 6 heterocycles. The van der Waals surface area contributed by atoms with Crippen LogP contribution in [0.25, 0.3) is 0 Å². The average molecular weight is 727 g/mol. The fourth-order valence-electron chi connectivity index (χ4n) is 7.91. The second kappa shape index (κ2) is 13.7. The number of nitrogens with two attached hydrogens (primary N) is 1. The number of carbonyl (C=O) groups is 1. The van der Waals surface area contributed by atoms with Gasteiger partial charge in [0.25, 0.3) is 5.91 Å². The van der Waals surface area contributed by atoms with Crippen molar-refractivity contribution in [2.45, 2.75) is 76.5 Å². The smallest absolute Gasteiger partial charge is 0.418 e. The second-order valence-electron chi connectivity index (χ2n) is 13.9. The van der Waals surface area contributed by atoms with Crippen LogP contribution < -0.4 is 15.4 Å². The van der Waals surface area contributed by atoms with Crippen molar-refractivity contribution in [3.63, 3.8) is 0 Å². The van der Waals surface area contributed by atoms with Gasteiger partial charge in [0.05, 0.1) is 53.8 Å². The first-order valence-corrected chi connectivity index (χ1v) is 17.1. The molecule has 276 valence electrons. The fourth-order valence-corrected chi connectivity index (χ4v) is 7.91. The van der Waals surface area contributed by atoms with Gasteiger partial charge in [-0.2, -0.15) is 28.2 Å². The number of hydrogen-bond acceptors (Lipinski definition) is 9. The molecule has 3 aromatic rings. The molecule has 0 bridgehead atoms. The molecule has 16 heteroatoms. The molecule has 2 saturated heterocycles. The van der Waals surface area contributed by atoms with E-state index >= 15 is 4.39 Å². The zero-order chi connectivity index (χ0) is 36.9. The first kappa shape index (κ1) is 35.6. The molecule has 4 aliphatic heterocycles. The van der Waals surface area contributed by atoms with Crippen LogP contribution in [-0.4, -0.2) is 81.3 Å². The Hall–Kier alpha value is -4.75. The minimum Gasteiger partial charge on any atom is -0.461 e. The maximum atomic E-state index is 15.7. The molecule has 2 aromatic heterocycles. The molecular formula is C36H39F5N8O3. The first-order chi connectivity index (χ1) is 24.8. The molecule has 11 nitrogen and oxygen atoms in total. The van der Waals surface area contributed by atoms with Crippen molar-refractivity contribution in [2.24, 2.45) is 0 Å². The van der Waals surface area contributed by atoms with Crippen LogP contribution in [0, 0.1) is 17.7 Å². The number of benzene rings is 1. The normalized spacial score (nSPS) is 22.3. The van der Waals surface area contributed by atoms with Gasteiger partial charge < -0.3 is 25.0 Å². The van der Waals surface area contributed by atoms with Crippen LogP contribution in [0.2, 0.25) is 0 Å². The Morgan fingerprint density at radius 2 is 2.00 bits per heavy atom. The second-order valence-corrected chi connectivity index (χ2v) is 13.9. The zero-order valence-corrected chi connectivity index (χ0v) is 29.1. The molecule has 0 aliphatic carbocycles. The summed E-state index contributed by atoms with van der Waals surface area (Å²) in [6, 6.07) is 2.62. The van der Waals surface area contributed by atoms with E-state index in [1.165, 1.54) is 11.8 Å². The largest absolute Gasteiger partial charge is 0.461 e. The molecule has 52 heavy (non-hydrogen) atoms. The summed E-state index contributed by atoms with van der Waals surface area (Å²) in [5.74, 6) is 3.87. The molecule has 2 atom stereocenters. The van der Waals surface area contributed by atoms with Gasteiger partial charge in [0.1, 0.15) is 12.4 Å². The Morgan fingerprint density at radius 1 is 1.19 bits per heavy atom. The van der Waals surface area contributed by atoms with Gasteiger partial charge in [-0.3, -0.25) is 14.4 Å². The quantitative estimate of drug-likeness (QED) is 0.209. The molecular weight excluding hydrogens is 687 g/mol. The molecule has 0 radical (unpaired) electrons. The summed E-state index contributed by atoms with van der Waals surface area (Å²) in [5, 5.41) is 4.52. The van der Waals surface area contributed by atoms with E-state index in [1.807, 2.05) is 4.90 Å². The van der Waals surface area contributed by atoms with E-state index in [0.29, 0.717) is 73.7 Å². The van der Waals surface area contributed by atoms with Crippen molar-refractivity contribution in [3.8, 4) is 17.9 Å². The van der Waals surface area contributed by atoms with Crippen LogP contribution in [0.4, 0.5) is 33.5 Å². The van der Waals surface area contributed by atoms with Crippen molar-refractivity contribution in [3.05, 3.63) is 69.2 Å². The van der Waals surface area contributed by atoms with Gasteiger partial charge in [-0.25, -0.2) is 8.78 Å². The predicted molar refractivity (Wildman–Crippen MR) is 180 cm³/mol. The number of rotatable bonds is 6. The van der Waals surface area contributed by atoms with Crippen molar-refractivity contribution >= 4 is 17.4 Å². The van der Waals surface area contributed by atoms with Crippen molar-refractivity contribution in [1.29, 1.82) is 0 Å². The third-order valence-electron chi connectivity index (χ3n) is 10.3. The Labute approximate surface area is 297 Å². The number of aryl methyl sites for hydroxylation is 1. The van der Waals surface area contributed by atoms with Crippen LogP contribution in [0.1, 0.15) is 82.8 Å². The van der Waals surface area contributed by atoms with Crippen molar-refractivity contribution < 1.29 is 36.2 Å². The number of carbonyl (C=O) groups excluding carboxylic acids is 1. The Kier molecular flexibility index (Phi) is 9.37. The number of alkyl halides is 3. The lowest BCUT2D eigenvalue weighted by atomic mass is 9.91. The standard InChI is InChI=1S/C36H39F5N8O3/c1-4-7-22-12-25(42)31(38)29(30(22)36(39,40)41)28-14-26-24(19-51-28)32(47-9-6-11-49-23(18-47)13-27(45-49)33(50)46(2)3)44-34(43-26)52-20-35-8-5-10-48(35)17-21(15-35)16-37/h12-13,16,28H,5-6,8-11,14-15,17-20,42H2,1-3H3/b21-16+/t28?,35-/m0/s1. The van der Waals surface area contributed by atoms with E-state index in [4.69, 9.17) is 25.2 Å². The number of nitrogen functional groups attached to an aromatic ring is 1. The highest BCUT2D eigenvalue weighted by Gasteiger charge is 2.47. The highest BCUT2D eigenvalue weighted by atomic mass is 19.4. The molecule has 1 aromatic carbocycles. The van der Waals surface area contributed by atoms with Crippen molar-refractivity contribution in [2.75, 3.05) is 51.0 Å². The Morgan fingerprint density at radius 3 is 2.73 bits per heavy atom. The Balaban J connectivity index is 1.28. The number of nitrogens with zero attached hydrogens (tertiary/aromatic N) is 7. The van der Waals surface area contributed by atoms with Gasteiger partial charge in [-0.1, -0.05) is 5.92 Å². The molecule has 1 amide bonds. The minimum absolute atomic E-state index is 0.00355. The number of fused-ring (bicyclic) bond motifs is 3. The Bertz CT molecular complexity index is 2000. The predicted octanol–water partition coefficient (Wildman–Crippen LogP) is 5.18. The van der Waals surface area contributed by atoms with E-state index in [0.717, 1.165) is 31.1 Å². The van der Waals surface area contributed by atoms with Crippen LogP contribution in [-0.2, 0) is 37.0 Å². The molecule has 0 saturated carbocycles. The third kappa shape index (κ3) is 6.44. The van der Waals surface area contributed by atoms with E-state index in [9.17, 15) is 22.4 Å². The van der Waals surface area contributed by atoms with Crippen LogP contribution in [0.5, 0.6) is 6.01 Å². The molecule has 2 N–H and O–H groups in total. The lowest BCUT2D eigenvalue weighted by Gasteiger charge is -2.33. The summed E-state index contributed by atoms with van der Waals surface area (Å²) in [6.07, 6.45) is -3.08. The van der Waals surface area contributed by atoms with E-state index in [-0.39, 0.29) is 31.6 Å². The number of halogens is 5. The van der Waals surface area contributed by atoms with Gasteiger partial charge in [0.2, 0.25) is 0 Å². The van der Waals surface area contributed by atoms with E-state index in [2.05, 4.69) is 21.8 Å². The van der Waals surface area contributed by atoms with Gasteiger partial charge in [0.15, 0.2) is 11.5 Å². The number of ether oxygens (including phenoxy) is 2. The third-order valence-corrected chi connectivity index (χ3v) is 10.3. The molecule has 4 aliphatic rings. The number of aromatic nitrogens is 4. The first-order valence-electron chi connectivity index (χ1n) is 17.1. The van der Waals surface area contributed by atoms with Crippen LogP contribution in [0.15, 0.2) is 24.0 Å². The molecule has 0 spiro atoms. The molecule has 7 rings (SSSR count). The zero-order valence-electron chi connectivity index (χ0n) is 29.1. The maximum absolute atomic E-state index is 15.7. The summed E-state index contributed by atoms with van der Waals surface area (Å²) < 4.78 is 87.2. The van der Waals surface area contributed by atoms with Crippen molar-refractivity contribution in [1.82, 2.24) is 29.5 Å². The molecule has 1 unspecified atom stereocenters. The van der Waals surface area contributed by atoms with E-state index < -0.39 is 46.0 Å². The average Bonchev–Trinajstić information content (AvgIpc) is 3.75. The summed E-state index contributed by atoms with van der Waals surface area (Å²) in [6.45, 7) is 4.01. The highest BCUT2D eigenvalue weighted by molar-refractivity contribution is 5.92. The van der Waals surface area contributed by atoms with Crippen LogP contribution >= 0.6 is 0 Å². The summed E-state index contributed by atoms with van der Waals surface area (Å²) >= 11 is 0. The maximum Gasteiger partial charge on any atom is 0.418 e. The SMILES string of the molecule is CC#Cc1cc(N)c(F)c(C2Cc3nc(OC[C@@]45CCCN4C/C(=C/F)C5)nc(N4CCCn5nc(C(=O)N(C)C)cc5C4)c3CO2)c1C(F)(F)F. The number of anilines is 2. The van der Waals surface area contributed by atoms with Gasteiger partial charge in [-0.05, 0) is 56.9 Å². The van der Waals surface area contributed by atoms with Crippen LogP contribution in [0.3, 0.4) is 0 Å². The summed E-state index contributed by atoms with van der Waals surface area (Å²) in [4.78, 5) is 27.9. The summed E-state index contributed by atoms with van der Waals surface area (Å²) in [7, 11) is 3.30. The lowest BCUT2D eigenvalue weighted by Crippen LogP contribution is -2.43. The highest BCUT2D eigenvalue weighted by Crippen LogP contribution is 2.45. The van der Waals surface area contributed by atoms with Gasteiger partial charge in [-0.15, -0.1) is 5.92 Å². The van der Waals surface area contributed by atoms with E-state index in [1.54, 1.807) is 24.8 Å². The minimum atomic E-state index is -4.96. The lowest BCUT2D eigenvalue weighted by molar-refractivity contribution is -0.140. The van der Waals surface area contributed by atoms with Gasteiger partial charge in [0, 0.05) is 56.8 Å². The summed E-state index contributed by atoms with van der Waals surface area (Å²) in [5.41, 5.74) is 5.17. The number of hydrogen-bond donors (Lipinski definition) is 1.